The molecule has 5 atom stereocenters. The van der Waals surface area contributed by atoms with Gasteiger partial charge in [-0.25, -0.2) is 0 Å². The number of Topliss-reactive ketones (excluding diaryl/α,β-unsaturated/α-hetero) is 1. The Morgan fingerprint density at radius 2 is 0.684 bits per heavy atom. The van der Waals surface area contributed by atoms with Crippen LogP contribution in [0.5, 0.6) is 0 Å². The van der Waals surface area contributed by atoms with Crippen molar-refractivity contribution in [3.63, 3.8) is 0 Å². The van der Waals surface area contributed by atoms with E-state index in [0.717, 1.165) is 19.4 Å². The fourth-order valence-corrected chi connectivity index (χ4v) is 5.12. The molecule has 0 saturated carbocycles. The number of hydrogen-bond acceptors (Lipinski definition) is 13. The molecular formula is C35H81Cl5N12O5. The number of nitrogens with one attached hydrogen (secondary N) is 5. The zero-order chi connectivity index (χ0) is 39.6. The van der Waals surface area contributed by atoms with Gasteiger partial charge in [-0.15, -0.1) is 62.0 Å². The number of amides is 4. The summed E-state index contributed by atoms with van der Waals surface area (Å²) < 4.78 is 0. The molecule has 0 aliphatic rings. The van der Waals surface area contributed by atoms with Gasteiger partial charge in [-0.05, 0) is 143 Å². The Bertz CT molecular complexity index is 968. The van der Waals surface area contributed by atoms with Gasteiger partial charge in [-0.2, -0.15) is 0 Å². The van der Waals surface area contributed by atoms with Gasteiger partial charge in [0.15, 0.2) is 5.78 Å². The maximum absolute atomic E-state index is 13.7. The van der Waals surface area contributed by atoms with E-state index in [1.807, 2.05) is 0 Å². The van der Waals surface area contributed by atoms with Gasteiger partial charge in [0.05, 0.1) is 18.6 Å². The molecule has 22 heteroatoms. The average Bonchev–Trinajstić information content (AvgIpc) is 3.13. The van der Waals surface area contributed by atoms with E-state index >= 15 is 0 Å². The van der Waals surface area contributed by atoms with Crippen LogP contribution in [0.4, 0.5) is 0 Å². The Morgan fingerprint density at radius 1 is 0.421 bits per heavy atom. The molecule has 346 valence electrons. The summed E-state index contributed by atoms with van der Waals surface area (Å²) in [6.07, 6.45) is 9.11. The first-order valence-corrected chi connectivity index (χ1v) is 19.4. The molecule has 0 aromatic carbocycles. The van der Waals surface area contributed by atoms with E-state index < -0.39 is 53.8 Å². The number of unbranched alkanes of at least 4 members (excludes halogenated alkanes) is 5. The fraction of sp³-hybridized carbons (Fsp3) is 0.857. The van der Waals surface area contributed by atoms with Crippen LogP contribution < -0.4 is 66.7 Å². The molecule has 5 unspecified atom stereocenters. The van der Waals surface area contributed by atoms with Gasteiger partial charge in [0.25, 0.3) is 0 Å². The van der Waals surface area contributed by atoms with E-state index in [9.17, 15) is 24.0 Å². The lowest BCUT2D eigenvalue weighted by molar-refractivity contribution is -0.134. The van der Waals surface area contributed by atoms with Crippen LogP contribution in [-0.2, 0) is 24.0 Å². The number of nitrogens with two attached hydrogens (primary N) is 7. The van der Waals surface area contributed by atoms with E-state index in [1.54, 1.807) is 7.05 Å². The van der Waals surface area contributed by atoms with Crippen LogP contribution in [-0.4, -0.2) is 112 Å². The summed E-state index contributed by atoms with van der Waals surface area (Å²) in [5.41, 5.74) is 39.3. The molecule has 0 radical (unpaired) electrons. The Kier molecular flexibility index (Phi) is 60.4. The molecule has 0 rings (SSSR count). The normalized spacial score (nSPS) is 12.6. The van der Waals surface area contributed by atoms with Crippen LogP contribution in [0.15, 0.2) is 0 Å². The minimum Gasteiger partial charge on any atom is -0.344 e. The lowest BCUT2D eigenvalue weighted by Crippen LogP contribution is -2.58. The third kappa shape index (κ3) is 37.4. The minimum atomic E-state index is -1.01. The number of halogens is 5. The molecule has 0 fully saturated rings. The fourth-order valence-electron chi connectivity index (χ4n) is 5.12. The predicted molar refractivity (Wildman–Crippen MR) is 245 cm³/mol. The van der Waals surface area contributed by atoms with Crippen LogP contribution in [0.25, 0.3) is 0 Å². The second kappa shape index (κ2) is 49.0. The maximum atomic E-state index is 13.7. The highest BCUT2D eigenvalue weighted by Crippen LogP contribution is 2.10. The Hall–Kier alpha value is -1.32. The first kappa shape index (κ1) is 70.3. The molecule has 0 saturated heterocycles. The monoisotopic (exact) mass is 924 g/mol. The van der Waals surface area contributed by atoms with Crippen molar-refractivity contribution in [3.8, 4) is 0 Å². The molecule has 0 spiro atoms. The van der Waals surface area contributed by atoms with Gasteiger partial charge in [0, 0.05) is 0 Å². The second-order valence-electron chi connectivity index (χ2n) is 13.1. The zero-order valence-electron chi connectivity index (χ0n) is 34.3. The number of ketones is 1. The highest BCUT2D eigenvalue weighted by atomic mass is 35.5. The van der Waals surface area contributed by atoms with Crippen molar-refractivity contribution >= 4 is 91.4 Å². The summed E-state index contributed by atoms with van der Waals surface area (Å²) >= 11 is 0. The summed E-state index contributed by atoms with van der Waals surface area (Å²) in [5.74, 6) is -2.23. The molecule has 57 heavy (non-hydrogen) atoms. The molecular weight excluding hydrogens is 846 g/mol. The first-order valence-electron chi connectivity index (χ1n) is 19.4. The predicted octanol–water partition coefficient (Wildman–Crippen LogP) is 0.151. The first-order chi connectivity index (χ1) is 25.0. The molecule has 0 aromatic rings. The van der Waals surface area contributed by atoms with Gasteiger partial charge in [0.2, 0.25) is 23.6 Å². The number of hydrogen-bond donors (Lipinski definition) is 12. The van der Waals surface area contributed by atoms with Crippen molar-refractivity contribution in [1.82, 2.24) is 26.6 Å². The SMILES string of the molecule is CCCN.CNCC(=O)C(CCCCN)NC(=O)C(CCCCN)NC(=O)C(CCCCN)NC(=O)C(CCCCN)NC(=O)C(N)CCCCN.Cl.Cl.Cl.Cl.Cl. The van der Waals surface area contributed by atoms with Crippen LogP contribution in [0.3, 0.4) is 0 Å². The van der Waals surface area contributed by atoms with Crippen LogP contribution in [0.2, 0.25) is 0 Å². The minimum absolute atomic E-state index is 0. The van der Waals surface area contributed by atoms with Crippen molar-refractivity contribution in [3.05, 3.63) is 0 Å². The number of likely N-dealkylation sites (N-methyl/N-ethyl adjacent to an activating group) is 1. The van der Waals surface area contributed by atoms with E-state index in [1.165, 1.54) is 0 Å². The quantitative estimate of drug-likeness (QED) is 0.0401. The third-order valence-corrected chi connectivity index (χ3v) is 8.34. The number of rotatable bonds is 32. The average molecular weight is 927 g/mol. The Labute approximate surface area is 373 Å². The zero-order valence-corrected chi connectivity index (χ0v) is 38.4. The van der Waals surface area contributed by atoms with Crippen molar-refractivity contribution in [1.29, 1.82) is 0 Å². The topological polar surface area (TPSA) is 328 Å². The van der Waals surface area contributed by atoms with E-state index in [-0.39, 0.29) is 87.2 Å². The van der Waals surface area contributed by atoms with E-state index in [0.29, 0.717) is 110 Å². The highest BCUT2D eigenvalue weighted by molar-refractivity contribution is 5.96. The van der Waals surface area contributed by atoms with Crippen molar-refractivity contribution in [2.75, 3.05) is 52.9 Å². The summed E-state index contributed by atoms with van der Waals surface area (Å²) in [6.45, 7) is 5.15. The van der Waals surface area contributed by atoms with Crippen LogP contribution in [0.1, 0.15) is 110 Å². The van der Waals surface area contributed by atoms with Crippen molar-refractivity contribution in [2.45, 2.75) is 140 Å². The molecule has 19 N–H and O–H groups in total. The highest BCUT2D eigenvalue weighted by Gasteiger charge is 2.31. The molecule has 0 aromatic heterocycles. The van der Waals surface area contributed by atoms with Gasteiger partial charge in [-0.1, -0.05) is 13.3 Å². The Morgan fingerprint density at radius 3 is 0.965 bits per heavy atom. The molecule has 4 amide bonds. The van der Waals surface area contributed by atoms with Crippen molar-refractivity contribution < 1.29 is 24.0 Å². The summed E-state index contributed by atoms with van der Waals surface area (Å²) in [7, 11) is 1.65. The number of carbonyl (C=O) groups excluding carboxylic acids is 5. The maximum Gasteiger partial charge on any atom is 0.243 e. The molecule has 0 bridgehead atoms. The summed E-state index contributed by atoms with van der Waals surface area (Å²) in [4.78, 5) is 66.5. The van der Waals surface area contributed by atoms with E-state index in [2.05, 4.69) is 33.5 Å². The molecule has 0 heterocycles. The largest absolute Gasteiger partial charge is 0.344 e. The van der Waals surface area contributed by atoms with Gasteiger partial charge in [-0.3, -0.25) is 24.0 Å². The lowest BCUT2D eigenvalue weighted by atomic mass is 10.0. The molecule has 17 nitrogen and oxygen atoms in total. The lowest BCUT2D eigenvalue weighted by Gasteiger charge is -2.27. The van der Waals surface area contributed by atoms with Gasteiger partial charge < -0.3 is 66.7 Å². The molecule has 0 aliphatic heterocycles. The standard InChI is InChI=1S/C32H67N11O5.C3H9N.5ClH/c1-39-22-28(44)24(13-3-8-18-34)40-30(46)26(15-5-10-20-36)42-32(48)27(16-6-11-21-37)43-31(47)25(14-4-9-19-35)41-29(45)23(38)12-2-7-17-33;1-2-3-4;;;;;/h23-27,39H,2-22,33-38H2,1H3,(H,40,46)(H,41,45)(H,42,48)(H,43,47);2-4H2,1H3;5*1H. The van der Waals surface area contributed by atoms with Crippen LogP contribution >= 0.6 is 62.0 Å². The molecule has 0 aliphatic carbocycles. The van der Waals surface area contributed by atoms with Crippen LogP contribution in [0, 0.1) is 0 Å². The Balaban J connectivity index is -0.000000528. The van der Waals surface area contributed by atoms with Gasteiger partial charge in [0.1, 0.15) is 18.1 Å². The second-order valence-corrected chi connectivity index (χ2v) is 13.1. The summed E-state index contributed by atoms with van der Waals surface area (Å²) in [5, 5.41) is 14.0. The third-order valence-electron chi connectivity index (χ3n) is 8.34. The summed E-state index contributed by atoms with van der Waals surface area (Å²) in [6, 6.07) is -4.47. The van der Waals surface area contributed by atoms with Gasteiger partial charge >= 0.3 is 0 Å². The van der Waals surface area contributed by atoms with Crippen molar-refractivity contribution in [2.24, 2.45) is 40.1 Å². The number of carbonyl (C=O) groups is 5. The van der Waals surface area contributed by atoms with E-state index in [4.69, 9.17) is 40.1 Å². The smallest absolute Gasteiger partial charge is 0.243 e.